The monoisotopic (exact) mass is 241 g/mol. The quantitative estimate of drug-likeness (QED) is 0.364. The summed E-state index contributed by atoms with van der Waals surface area (Å²) >= 11 is 0. The molecular weight excluding hydrogens is 226 g/mol. The van der Waals surface area contributed by atoms with Gasteiger partial charge < -0.3 is 9.85 Å². The average molecular weight is 241 g/mol. The maximum atomic E-state index is 10.8. The van der Waals surface area contributed by atoms with Crippen molar-refractivity contribution in [3.05, 3.63) is 28.3 Å². The summed E-state index contributed by atoms with van der Waals surface area (Å²) in [6.07, 6.45) is 0. The zero-order valence-corrected chi connectivity index (χ0v) is 10.5. The van der Waals surface area contributed by atoms with Crippen LogP contribution in [0, 0.1) is 10.1 Å². The Kier molecular flexibility index (Phi) is 3.50. The summed E-state index contributed by atoms with van der Waals surface area (Å²) in [5, 5.41) is 10.8. The number of nitrogens with one attached hydrogen (secondary N) is 1. The van der Waals surface area contributed by atoms with E-state index in [0.717, 1.165) is 0 Å². The van der Waals surface area contributed by atoms with Gasteiger partial charge in [-0.25, -0.2) is 0 Å². The maximum absolute atomic E-state index is 10.8. The van der Waals surface area contributed by atoms with Crippen LogP contribution in [0.15, 0.2) is 18.2 Å². The minimum absolute atomic E-state index is 0.0403. The van der Waals surface area contributed by atoms with Gasteiger partial charge in [0.05, 0.1) is 10.6 Å². The number of nitrogens with two attached hydrogens (primary N) is 1. The van der Waals surface area contributed by atoms with E-state index in [1.807, 2.05) is 19.6 Å². The first-order chi connectivity index (χ1) is 7.33. The lowest BCUT2D eigenvalue weighted by molar-refractivity contribution is -0.385. The number of nitro groups is 1. The van der Waals surface area contributed by atoms with E-state index in [1.54, 1.807) is 0 Å². The molecule has 0 radical (unpaired) electrons. The van der Waals surface area contributed by atoms with Gasteiger partial charge in [0.2, 0.25) is 8.32 Å². The third kappa shape index (κ3) is 3.21. The Morgan fingerprint density at radius 1 is 1.44 bits per heavy atom. The first-order valence-electron chi connectivity index (χ1n) is 4.77. The molecule has 1 aromatic rings. The Labute approximate surface area is 94.7 Å². The van der Waals surface area contributed by atoms with Crippen LogP contribution in [0.25, 0.3) is 0 Å². The molecule has 0 spiro atoms. The topological polar surface area (TPSA) is 90.4 Å². The Balaban J connectivity index is 3.15. The van der Waals surface area contributed by atoms with Crippen LogP contribution in [0.3, 0.4) is 0 Å². The van der Waals surface area contributed by atoms with Crippen molar-refractivity contribution in [2.45, 2.75) is 19.6 Å². The number of hydrazine groups is 1. The molecule has 7 heteroatoms. The Morgan fingerprint density at radius 2 is 2.06 bits per heavy atom. The van der Waals surface area contributed by atoms with Crippen LogP contribution in [0.2, 0.25) is 19.6 Å². The van der Waals surface area contributed by atoms with Crippen LogP contribution in [0.1, 0.15) is 0 Å². The highest BCUT2D eigenvalue weighted by molar-refractivity contribution is 6.70. The molecule has 0 aliphatic carbocycles. The molecule has 0 saturated carbocycles. The lowest BCUT2D eigenvalue weighted by atomic mass is 10.2. The van der Waals surface area contributed by atoms with Gasteiger partial charge in [-0.05, 0) is 25.7 Å². The standard InChI is InChI=1S/C9H15N3O3Si/c1-16(2,3)15-9-6-7(11-10)4-5-8(9)12(13)14/h4-6,11H,10H2,1-3H3. The van der Waals surface area contributed by atoms with Crippen LogP contribution in [0.5, 0.6) is 5.75 Å². The Morgan fingerprint density at radius 3 is 2.50 bits per heavy atom. The van der Waals surface area contributed by atoms with Crippen LogP contribution in [-0.2, 0) is 0 Å². The van der Waals surface area contributed by atoms with Crippen molar-refractivity contribution in [3.63, 3.8) is 0 Å². The molecule has 88 valence electrons. The zero-order valence-electron chi connectivity index (χ0n) is 9.48. The smallest absolute Gasteiger partial charge is 0.309 e. The van der Waals surface area contributed by atoms with Crippen LogP contribution < -0.4 is 15.7 Å². The summed E-state index contributed by atoms with van der Waals surface area (Å²) in [6, 6.07) is 4.45. The normalized spacial score (nSPS) is 11.0. The molecule has 0 amide bonds. The molecule has 6 nitrogen and oxygen atoms in total. The first-order valence-corrected chi connectivity index (χ1v) is 8.18. The molecule has 0 saturated heterocycles. The van der Waals surface area contributed by atoms with Gasteiger partial charge >= 0.3 is 5.69 Å². The van der Waals surface area contributed by atoms with Gasteiger partial charge in [0.15, 0.2) is 5.75 Å². The zero-order chi connectivity index (χ0) is 12.3. The van der Waals surface area contributed by atoms with Gasteiger partial charge in [-0.1, -0.05) is 0 Å². The van der Waals surface area contributed by atoms with E-state index in [0.29, 0.717) is 5.69 Å². The van der Waals surface area contributed by atoms with Crippen molar-refractivity contribution in [3.8, 4) is 5.75 Å². The number of hydrogen-bond donors (Lipinski definition) is 2. The largest absolute Gasteiger partial charge is 0.540 e. The second-order valence-corrected chi connectivity index (χ2v) is 8.73. The van der Waals surface area contributed by atoms with E-state index in [9.17, 15) is 10.1 Å². The second kappa shape index (κ2) is 4.50. The average Bonchev–Trinajstić information content (AvgIpc) is 2.14. The van der Waals surface area contributed by atoms with Crippen molar-refractivity contribution >= 4 is 19.7 Å². The molecule has 1 aromatic carbocycles. The van der Waals surface area contributed by atoms with Gasteiger partial charge in [0.25, 0.3) is 0 Å². The number of nitrogens with zero attached hydrogens (tertiary/aromatic N) is 1. The van der Waals surface area contributed by atoms with E-state index in [2.05, 4.69) is 5.43 Å². The second-order valence-electron chi connectivity index (χ2n) is 4.30. The molecule has 16 heavy (non-hydrogen) atoms. The van der Waals surface area contributed by atoms with Gasteiger partial charge in [-0.15, -0.1) is 0 Å². The van der Waals surface area contributed by atoms with E-state index >= 15 is 0 Å². The van der Waals surface area contributed by atoms with Crippen LogP contribution in [-0.4, -0.2) is 13.2 Å². The number of benzene rings is 1. The summed E-state index contributed by atoms with van der Waals surface area (Å²) in [4.78, 5) is 10.3. The van der Waals surface area contributed by atoms with Crippen LogP contribution >= 0.6 is 0 Å². The SMILES string of the molecule is C[Si](C)(C)Oc1cc(NN)ccc1[N+](=O)[O-]. The van der Waals surface area contributed by atoms with Crippen molar-refractivity contribution in [2.75, 3.05) is 5.43 Å². The summed E-state index contributed by atoms with van der Waals surface area (Å²) in [6.45, 7) is 5.87. The van der Waals surface area contributed by atoms with Gasteiger partial charge in [-0.3, -0.25) is 16.0 Å². The van der Waals surface area contributed by atoms with Gasteiger partial charge in [0.1, 0.15) is 0 Å². The van der Waals surface area contributed by atoms with Crippen molar-refractivity contribution in [1.29, 1.82) is 0 Å². The third-order valence-corrected chi connectivity index (χ3v) is 2.57. The highest BCUT2D eigenvalue weighted by atomic mass is 28.4. The van der Waals surface area contributed by atoms with Crippen molar-refractivity contribution in [1.82, 2.24) is 0 Å². The van der Waals surface area contributed by atoms with Gasteiger partial charge in [-0.2, -0.15) is 0 Å². The number of nitrogen functional groups attached to an aromatic ring is 1. The summed E-state index contributed by atoms with van der Waals surface area (Å²) in [5.41, 5.74) is 2.97. The lowest BCUT2D eigenvalue weighted by Gasteiger charge is -2.19. The maximum Gasteiger partial charge on any atom is 0.309 e. The number of nitro benzene ring substituents is 1. The van der Waals surface area contributed by atoms with E-state index in [1.165, 1.54) is 18.2 Å². The molecule has 0 aliphatic rings. The Hall–Kier alpha value is -1.60. The molecule has 0 unspecified atom stereocenters. The minimum Gasteiger partial charge on any atom is -0.540 e. The summed E-state index contributed by atoms with van der Waals surface area (Å²) in [5.74, 6) is 5.51. The predicted octanol–water partition coefficient (Wildman–Crippen LogP) is 2.09. The number of hydrogen-bond acceptors (Lipinski definition) is 5. The predicted molar refractivity (Wildman–Crippen MR) is 64.9 cm³/mol. The lowest BCUT2D eigenvalue weighted by Crippen LogP contribution is -2.29. The third-order valence-electron chi connectivity index (χ3n) is 1.74. The van der Waals surface area contributed by atoms with Gasteiger partial charge in [0, 0.05) is 12.1 Å². The molecular formula is C9H15N3O3Si. The van der Waals surface area contributed by atoms with Crippen LogP contribution in [0.4, 0.5) is 11.4 Å². The highest BCUT2D eigenvalue weighted by Gasteiger charge is 2.23. The van der Waals surface area contributed by atoms with Crippen molar-refractivity contribution in [2.24, 2.45) is 5.84 Å². The molecule has 0 aromatic heterocycles. The van der Waals surface area contributed by atoms with E-state index in [-0.39, 0.29) is 11.4 Å². The Bertz CT molecular complexity index is 403. The van der Waals surface area contributed by atoms with Crippen molar-refractivity contribution < 1.29 is 9.35 Å². The number of rotatable bonds is 4. The molecule has 0 bridgehead atoms. The molecule has 0 aliphatic heterocycles. The molecule has 1 rings (SSSR count). The first kappa shape index (κ1) is 12.5. The fourth-order valence-corrected chi connectivity index (χ4v) is 1.99. The van der Waals surface area contributed by atoms with E-state index in [4.69, 9.17) is 10.3 Å². The van der Waals surface area contributed by atoms with E-state index < -0.39 is 13.2 Å². The molecule has 0 heterocycles. The molecule has 0 atom stereocenters. The highest BCUT2D eigenvalue weighted by Crippen LogP contribution is 2.31. The number of anilines is 1. The summed E-state index contributed by atoms with van der Waals surface area (Å²) in [7, 11) is -1.88. The molecule has 0 fully saturated rings. The molecule has 3 N–H and O–H groups in total. The fourth-order valence-electron chi connectivity index (χ4n) is 1.17. The minimum atomic E-state index is -1.88. The fraction of sp³-hybridized carbons (Fsp3) is 0.333. The summed E-state index contributed by atoms with van der Waals surface area (Å²) < 4.78 is 5.64.